The number of aromatic amines is 1. The molecule has 0 atom stereocenters. The van der Waals surface area contributed by atoms with Crippen LogP contribution >= 0.6 is 22.9 Å². The van der Waals surface area contributed by atoms with E-state index < -0.39 is 10.0 Å². The van der Waals surface area contributed by atoms with Gasteiger partial charge in [-0.3, -0.25) is 5.10 Å². The van der Waals surface area contributed by atoms with Gasteiger partial charge in [0, 0.05) is 12.2 Å². The summed E-state index contributed by atoms with van der Waals surface area (Å²) in [6, 6.07) is 0. The van der Waals surface area contributed by atoms with Crippen molar-refractivity contribution in [3.63, 3.8) is 0 Å². The lowest BCUT2D eigenvalue weighted by Crippen LogP contribution is -2.25. The van der Waals surface area contributed by atoms with Crippen molar-refractivity contribution < 1.29 is 8.42 Å². The summed E-state index contributed by atoms with van der Waals surface area (Å²) < 4.78 is 27.1. The Hall–Kier alpha value is -0.960. The monoisotopic (exact) mass is 334 g/mol. The summed E-state index contributed by atoms with van der Waals surface area (Å²) in [6.07, 6.45) is 3.23. The highest BCUT2D eigenvalue weighted by molar-refractivity contribution is 7.91. The molecule has 0 aliphatic carbocycles. The average Bonchev–Trinajstić information content (AvgIpc) is 2.91. The molecule has 6 nitrogen and oxygen atoms in total. The van der Waals surface area contributed by atoms with Crippen LogP contribution in [0.4, 0.5) is 0 Å². The van der Waals surface area contributed by atoms with E-state index in [9.17, 15) is 8.42 Å². The van der Waals surface area contributed by atoms with E-state index >= 15 is 0 Å². The second-order valence-corrected chi connectivity index (χ2v) is 7.90. The van der Waals surface area contributed by atoms with Crippen molar-refractivity contribution in [2.45, 2.75) is 30.9 Å². The summed E-state index contributed by atoms with van der Waals surface area (Å²) in [5, 5.41) is 6.78. The predicted molar refractivity (Wildman–Crippen MR) is 78.7 cm³/mol. The molecule has 0 bridgehead atoms. The summed E-state index contributed by atoms with van der Waals surface area (Å²) in [5.74, 6) is 0. The van der Waals surface area contributed by atoms with Crippen LogP contribution in [0.3, 0.4) is 0 Å². The van der Waals surface area contributed by atoms with Crippen LogP contribution in [0.2, 0.25) is 4.47 Å². The molecule has 2 aromatic rings. The molecule has 0 radical (unpaired) electrons. The molecule has 0 amide bonds. The topological polar surface area (TPSA) is 87.7 Å². The molecule has 2 rings (SSSR count). The number of nitrogens with one attached hydrogen (secondary N) is 2. The third kappa shape index (κ3) is 3.57. The Morgan fingerprint density at radius 2 is 2.20 bits per heavy atom. The molecular weight excluding hydrogens is 320 g/mol. The number of halogens is 1. The SMILES string of the molecule is Cc1nc(Cl)sc1S(=O)(=O)NCCCc1cn[nH]c1C. The molecule has 0 saturated heterocycles. The van der Waals surface area contributed by atoms with Crippen LogP contribution in [0.15, 0.2) is 10.4 Å². The number of aromatic nitrogens is 3. The molecular formula is C11H15ClN4O2S2. The van der Waals surface area contributed by atoms with Crippen LogP contribution in [0, 0.1) is 13.8 Å². The van der Waals surface area contributed by atoms with Gasteiger partial charge in [0.1, 0.15) is 0 Å². The fourth-order valence-corrected chi connectivity index (χ4v) is 4.63. The molecule has 2 aromatic heterocycles. The zero-order valence-corrected chi connectivity index (χ0v) is 13.5. The Bertz CT molecular complexity index is 693. The van der Waals surface area contributed by atoms with E-state index in [-0.39, 0.29) is 8.68 Å². The minimum absolute atomic E-state index is 0.182. The largest absolute Gasteiger partial charge is 0.283 e. The number of hydrogen-bond donors (Lipinski definition) is 2. The van der Waals surface area contributed by atoms with E-state index in [1.54, 1.807) is 13.1 Å². The minimum Gasteiger partial charge on any atom is -0.283 e. The number of rotatable bonds is 6. The lowest BCUT2D eigenvalue weighted by atomic mass is 10.1. The van der Waals surface area contributed by atoms with Crippen molar-refractivity contribution in [2.75, 3.05) is 6.54 Å². The van der Waals surface area contributed by atoms with Crippen LogP contribution in [-0.4, -0.2) is 30.1 Å². The van der Waals surface area contributed by atoms with E-state index in [0.29, 0.717) is 18.7 Å². The third-order valence-electron chi connectivity index (χ3n) is 2.82. The highest BCUT2D eigenvalue weighted by atomic mass is 35.5. The maximum absolute atomic E-state index is 12.1. The van der Waals surface area contributed by atoms with Crippen LogP contribution in [0.1, 0.15) is 23.4 Å². The van der Waals surface area contributed by atoms with E-state index in [2.05, 4.69) is 19.9 Å². The van der Waals surface area contributed by atoms with Crippen LogP contribution < -0.4 is 4.72 Å². The molecule has 0 spiro atoms. The van der Waals surface area contributed by atoms with Crippen LogP contribution in [-0.2, 0) is 16.4 Å². The van der Waals surface area contributed by atoms with E-state index in [1.165, 1.54) is 0 Å². The van der Waals surface area contributed by atoms with Gasteiger partial charge in [0.15, 0.2) is 8.68 Å². The van der Waals surface area contributed by atoms with Crippen LogP contribution in [0.5, 0.6) is 0 Å². The first-order valence-corrected chi connectivity index (χ1v) is 8.69. The van der Waals surface area contributed by atoms with Gasteiger partial charge in [0.2, 0.25) is 0 Å². The Labute approximate surface area is 126 Å². The fraction of sp³-hybridized carbons (Fsp3) is 0.455. The number of nitrogens with zero attached hydrogens (tertiary/aromatic N) is 2. The highest BCUT2D eigenvalue weighted by Gasteiger charge is 2.20. The second kappa shape index (κ2) is 6.21. The molecule has 9 heteroatoms. The van der Waals surface area contributed by atoms with Gasteiger partial charge in [-0.15, -0.1) is 0 Å². The molecule has 0 aromatic carbocycles. The summed E-state index contributed by atoms with van der Waals surface area (Å²) >= 11 is 6.69. The van der Waals surface area contributed by atoms with Crippen molar-refractivity contribution in [1.29, 1.82) is 0 Å². The number of hydrogen-bond acceptors (Lipinski definition) is 5. The Morgan fingerprint density at radius 1 is 1.45 bits per heavy atom. The number of H-pyrrole nitrogens is 1. The molecule has 0 unspecified atom stereocenters. The van der Waals surface area contributed by atoms with Crippen molar-refractivity contribution in [3.8, 4) is 0 Å². The van der Waals surface area contributed by atoms with Crippen molar-refractivity contribution in [1.82, 2.24) is 19.9 Å². The van der Waals surface area contributed by atoms with Gasteiger partial charge in [-0.2, -0.15) is 5.10 Å². The van der Waals surface area contributed by atoms with Gasteiger partial charge < -0.3 is 0 Å². The first kappa shape index (κ1) is 15.4. The van der Waals surface area contributed by atoms with Gasteiger partial charge in [-0.25, -0.2) is 18.1 Å². The standard InChI is InChI=1S/C11H15ClN4O2S2/c1-7-9(6-13-16-7)4-3-5-14-20(17,18)10-8(2)15-11(12)19-10/h6,14H,3-5H2,1-2H3,(H,13,16). The molecule has 0 aliphatic rings. The zero-order valence-electron chi connectivity index (χ0n) is 11.1. The minimum atomic E-state index is -3.52. The van der Waals surface area contributed by atoms with E-state index in [4.69, 9.17) is 11.6 Å². The van der Waals surface area contributed by atoms with Gasteiger partial charge in [-0.05, 0) is 32.3 Å². The van der Waals surface area contributed by atoms with Gasteiger partial charge >= 0.3 is 0 Å². The number of sulfonamides is 1. The third-order valence-corrected chi connectivity index (χ3v) is 6.15. The molecule has 20 heavy (non-hydrogen) atoms. The summed E-state index contributed by atoms with van der Waals surface area (Å²) in [5.41, 5.74) is 2.54. The predicted octanol–water partition coefficient (Wildman–Crippen LogP) is 2.05. The molecule has 0 aliphatic heterocycles. The first-order chi connectivity index (χ1) is 9.40. The lowest BCUT2D eigenvalue weighted by molar-refractivity contribution is 0.580. The van der Waals surface area contributed by atoms with Crippen LogP contribution in [0.25, 0.3) is 0 Å². The smallest absolute Gasteiger partial charge is 0.251 e. The maximum atomic E-state index is 12.1. The van der Waals surface area contributed by atoms with E-state index in [1.807, 2.05) is 6.92 Å². The van der Waals surface area contributed by atoms with Gasteiger partial charge in [0.05, 0.1) is 11.9 Å². The normalized spacial score (nSPS) is 11.9. The number of aryl methyl sites for hydroxylation is 3. The Morgan fingerprint density at radius 3 is 2.75 bits per heavy atom. The van der Waals surface area contributed by atoms with Gasteiger partial charge in [0.25, 0.3) is 10.0 Å². The number of thiazole rings is 1. The summed E-state index contributed by atoms with van der Waals surface area (Å²) in [7, 11) is -3.52. The Balaban J connectivity index is 1.90. The summed E-state index contributed by atoms with van der Waals surface area (Å²) in [4.78, 5) is 3.91. The van der Waals surface area contributed by atoms with Gasteiger partial charge in [-0.1, -0.05) is 22.9 Å². The summed E-state index contributed by atoms with van der Waals surface area (Å²) in [6.45, 7) is 3.93. The van der Waals surface area contributed by atoms with Crippen molar-refractivity contribution in [2.24, 2.45) is 0 Å². The first-order valence-electron chi connectivity index (χ1n) is 6.01. The highest BCUT2D eigenvalue weighted by Crippen LogP contribution is 2.26. The molecule has 0 fully saturated rings. The zero-order chi connectivity index (χ0) is 14.8. The second-order valence-electron chi connectivity index (χ2n) is 4.36. The van der Waals surface area contributed by atoms with E-state index in [0.717, 1.165) is 29.0 Å². The fourth-order valence-electron chi connectivity index (χ4n) is 1.78. The lowest BCUT2D eigenvalue weighted by Gasteiger charge is -2.05. The van der Waals surface area contributed by atoms with Crippen molar-refractivity contribution in [3.05, 3.63) is 27.6 Å². The Kier molecular flexibility index (Phi) is 4.79. The quantitative estimate of drug-likeness (QED) is 0.791. The average molecular weight is 335 g/mol. The molecule has 0 saturated carbocycles. The maximum Gasteiger partial charge on any atom is 0.251 e. The van der Waals surface area contributed by atoms with Crippen molar-refractivity contribution >= 4 is 33.0 Å². The molecule has 110 valence electrons. The molecule has 2 N–H and O–H groups in total. The molecule has 2 heterocycles.